The second-order valence-corrected chi connectivity index (χ2v) is 5.87. The zero-order valence-electron chi connectivity index (χ0n) is 14.2. The molecule has 25 heavy (non-hydrogen) atoms. The third kappa shape index (κ3) is 4.09. The second-order valence-electron chi connectivity index (χ2n) is 5.87. The van der Waals surface area contributed by atoms with Gasteiger partial charge in [0, 0.05) is 28.9 Å². The lowest BCUT2D eigenvalue weighted by molar-refractivity contribution is -0.117. The first-order valence-electron chi connectivity index (χ1n) is 8.05. The van der Waals surface area contributed by atoms with E-state index in [9.17, 15) is 9.59 Å². The van der Waals surface area contributed by atoms with Gasteiger partial charge in [0.15, 0.2) is 11.5 Å². The number of methoxy groups -OCH3 is 2. The van der Waals surface area contributed by atoms with E-state index >= 15 is 0 Å². The summed E-state index contributed by atoms with van der Waals surface area (Å²) in [6.45, 7) is 0. The third-order valence-corrected chi connectivity index (χ3v) is 3.98. The van der Waals surface area contributed by atoms with Gasteiger partial charge in [0.2, 0.25) is 5.91 Å². The SMILES string of the molecule is COc1ccc(NC(=O)c2cccc(NC(=O)C3CC3)c2)cc1OC. The predicted octanol–water partition coefficient (Wildman–Crippen LogP) is 3.30. The molecule has 2 amide bonds. The molecule has 1 fully saturated rings. The summed E-state index contributed by atoms with van der Waals surface area (Å²) in [5.41, 5.74) is 1.68. The fraction of sp³-hybridized carbons (Fsp3) is 0.263. The number of anilines is 2. The molecule has 0 heterocycles. The van der Waals surface area contributed by atoms with Crippen molar-refractivity contribution in [3.05, 3.63) is 48.0 Å². The molecular formula is C19H20N2O4. The molecule has 0 atom stereocenters. The molecule has 2 aromatic rings. The van der Waals surface area contributed by atoms with Crippen LogP contribution in [0.15, 0.2) is 42.5 Å². The largest absolute Gasteiger partial charge is 0.493 e. The molecular weight excluding hydrogens is 320 g/mol. The molecule has 130 valence electrons. The van der Waals surface area contributed by atoms with E-state index in [1.54, 1.807) is 49.6 Å². The molecule has 0 spiro atoms. The standard InChI is InChI=1S/C19H20N2O4/c1-24-16-9-8-15(11-17(16)25-2)21-19(23)13-4-3-5-14(10-13)20-18(22)12-6-7-12/h3-5,8-12H,6-7H2,1-2H3,(H,20,22)(H,21,23). The van der Waals surface area contributed by atoms with Crippen molar-refractivity contribution in [2.45, 2.75) is 12.8 Å². The zero-order chi connectivity index (χ0) is 17.8. The highest BCUT2D eigenvalue weighted by atomic mass is 16.5. The predicted molar refractivity (Wildman–Crippen MR) is 95.3 cm³/mol. The minimum absolute atomic E-state index is 0.0115. The molecule has 0 unspecified atom stereocenters. The van der Waals surface area contributed by atoms with Gasteiger partial charge in [-0.3, -0.25) is 9.59 Å². The van der Waals surface area contributed by atoms with E-state index in [4.69, 9.17) is 9.47 Å². The molecule has 2 aromatic carbocycles. The number of nitrogens with one attached hydrogen (secondary N) is 2. The summed E-state index contributed by atoms with van der Waals surface area (Å²) in [6.07, 6.45) is 1.87. The topological polar surface area (TPSA) is 76.7 Å². The number of amides is 2. The van der Waals surface area contributed by atoms with Crippen molar-refractivity contribution < 1.29 is 19.1 Å². The van der Waals surface area contributed by atoms with E-state index in [1.807, 2.05) is 0 Å². The molecule has 3 rings (SSSR count). The van der Waals surface area contributed by atoms with E-state index in [2.05, 4.69) is 10.6 Å². The molecule has 0 saturated heterocycles. The molecule has 0 aliphatic heterocycles. The van der Waals surface area contributed by atoms with Gasteiger partial charge in [0.05, 0.1) is 14.2 Å². The van der Waals surface area contributed by atoms with E-state index in [-0.39, 0.29) is 17.7 Å². The quantitative estimate of drug-likeness (QED) is 0.846. The van der Waals surface area contributed by atoms with Crippen LogP contribution in [-0.2, 0) is 4.79 Å². The summed E-state index contributed by atoms with van der Waals surface area (Å²) in [5, 5.41) is 5.65. The maximum absolute atomic E-state index is 12.5. The van der Waals surface area contributed by atoms with Crippen LogP contribution < -0.4 is 20.1 Å². The Bertz CT molecular complexity index is 800. The summed E-state index contributed by atoms with van der Waals surface area (Å²) < 4.78 is 10.4. The Kier molecular flexibility index (Phi) is 4.88. The van der Waals surface area contributed by atoms with Crippen molar-refractivity contribution >= 4 is 23.2 Å². The van der Waals surface area contributed by atoms with Crippen LogP contribution in [-0.4, -0.2) is 26.0 Å². The zero-order valence-corrected chi connectivity index (χ0v) is 14.2. The Hall–Kier alpha value is -3.02. The van der Waals surface area contributed by atoms with E-state index in [1.165, 1.54) is 7.11 Å². The van der Waals surface area contributed by atoms with E-state index < -0.39 is 0 Å². The Labute approximate surface area is 146 Å². The number of carbonyl (C=O) groups is 2. The second kappa shape index (κ2) is 7.25. The Balaban J connectivity index is 1.71. The fourth-order valence-corrected chi connectivity index (χ4v) is 2.45. The van der Waals surface area contributed by atoms with Gasteiger partial charge in [0.1, 0.15) is 0 Å². The highest BCUT2D eigenvalue weighted by Gasteiger charge is 2.29. The summed E-state index contributed by atoms with van der Waals surface area (Å²) in [7, 11) is 3.09. The van der Waals surface area contributed by atoms with Crippen molar-refractivity contribution in [2.75, 3.05) is 24.9 Å². The minimum Gasteiger partial charge on any atom is -0.493 e. The lowest BCUT2D eigenvalue weighted by atomic mass is 10.1. The molecule has 2 N–H and O–H groups in total. The number of rotatable bonds is 6. The average Bonchev–Trinajstić information content (AvgIpc) is 3.47. The van der Waals surface area contributed by atoms with Crippen LogP contribution in [0.3, 0.4) is 0 Å². The summed E-state index contributed by atoms with van der Waals surface area (Å²) in [4.78, 5) is 24.3. The van der Waals surface area contributed by atoms with Crippen molar-refractivity contribution in [1.29, 1.82) is 0 Å². The van der Waals surface area contributed by atoms with Crippen LogP contribution in [0, 0.1) is 5.92 Å². The Morgan fingerprint density at radius 2 is 1.64 bits per heavy atom. The first kappa shape index (κ1) is 16.8. The van der Waals surface area contributed by atoms with Crippen molar-refractivity contribution in [2.24, 2.45) is 5.92 Å². The highest BCUT2D eigenvalue weighted by Crippen LogP contribution is 2.31. The van der Waals surface area contributed by atoms with Crippen molar-refractivity contribution in [3.8, 4) is 11.5 Å². The van der Waals surface area contributed by atoms with Gasteiger partial charge in [0.25, 0.3) is 5.91 Å². The van der Waals surface area contributed by atoms with Crippen LogP contribution in [0.25, 0.3) is 0 Å². The van der Waals surface area contributed by atoms with Gasteiger partial charge < -0.3 is 20.1 Å². The number of hydrogen-bond acceptors (Lipinski definition) is 4. The molecule has 0 bridgehead atoms. The van der Waals surface area contributed by atoms with Crippen LogP contribution in [0.1, 0.15) is 23.2 Å². The summed E-state index contributed by atoms with van der Waals surface area (Å²) in [6, 6.07) is 12.0. The summed E-state index contributed by atoms with van der Waals surface area (Å²) >= 11 is 0. The number of carbonyl (C=O) groups excluding carboxylic acids is 2. The van der Waals surface area contributed by atoms with Crippen LogP contribution in [0.2, 0.25) is 0 Å². The van der Waals surface area contributed by atoms with Crippen LogP contribution in [0.5, 0.6) is 11.5 Å². The minimum atomic E-state index is -0.269. The lowest BCUT2D eigenvalue weighted by Crippen LogP contribution is -2.15. The average molecular weight is 340 g/mol. The monoisotopic (exact) mass is 340 g/mol. The lowest BCUT2D eigenvalue weighted by Gasteiger charge is -2.11. The number of hydrogen-bond donors (Lipinski definition) is 2. The van der Waals surface area contributed by atoms with Crippen molar-refractivity contribution in [3.63, 3.8) is 0 Å². The fourth-order valence-electron chi connectivity index (χ4n) is 2.45. The first-order valence-corrected chi connectivity index (χ1v) is 8.05. The highest BCUT2D eigenvalue weighted by molar-refractivity contribution is 6.05. The van der Waals surface area contributed by atoms with Gasteiger partial charge in [-0.15, -0.1) is 0 Å². The molecule has 6 heteroatoms. The molecule has 1 aliphatic carbocycles. The molecule has 1 saturated carbocycles. The van der Waals surface area contributed by atoms with E-state index in [0.29, 0.717) is 28.4 Å². The molecule has 6 nitrogen and oxygen atoms in total. The van der Waals surface area contributed by atoms with Crippen LogP contribution >= 0.6 is 0 Å². The Morgan fingerprint density at radius 3 is 2.32 bits per heavy atom. The van der Waals surface area contributed by atoms with Crippen LogP contribution in [0.4, 0.5) is 11.4 Å². The van der Waals surface area contributed by atoms with Crippen molar-refractivity contribution in [1.82, 2.24) is 0 Å². The first-order chi connectivity index (χ1) is 12.1. The molecule has 0 aromatic heterocycles. The number of ether oxygens (including phenoxy) is 2. The third-order valence-electron chi connectivity index (χ3n) is 3.98. The van der Waals surface area contributed by atoms with Gasteiger partial charge in [-0.05, 0) is 43.2 Å². The number of benzene rings is 2. The van der Waals surface area contributed by atoms with Gasteiger partial charge in [-0.25, -0.2) is 0 Å². The maximum atomic E-state index is 12.5. The van der Waals surface area contributed by atoms with Gasteiger partial charge in [-0.2, -0.15) is 0 Å². The molecule has 1 aliphatic rings. The maximum Gasteiger partial charge on any atom is 0.255 e. The molecule has 0 radical (unpaired) electrons. The van der Waals surface area contributed by atoms with Gasteiger partial charge in [-0.1, -0.05) is 6.07 Å². The normalized spacial score (nSPS) is 13.0. The smallest absolute Gasteiger partial charge is 0.255 e. The Morgan fingerprint density at radius 1 is 0.920 bits per heavy atom. The van der Waals surface area contributed by atoms with Gasteiger partial charge >= 0.3 is 0 Å². The summed E-state index contributed by atoms with van der Waals surface area (Å²) in [5.74, 6) is 0.979. The van der Waals surface area contributed by atoms with E-state index in [0.717, 1.165) is 12.8 Å².